The molecule has 0 bridgehead atoms. The summed E-state index contributed by atoms with van der Waals surface area (Å²) >= 11 is 0. The lowest BCUT2D eigenvalue weighted by atomic mass is 10.1. The van der Waals surface area contributed by atoms with Gasteiger partial charge >= 0.3 is 6.18 Å². The number of benzene rings is 1. The smallest absolute Gasteiger partial charge is 0.362 e. The van der Waals surface area contributed by atoms with Crippen molar-refractivity contribution in [3.63, 3.8) is 0 Å². The van der Waals surface area contributed by atoms with Crippen LogP contribution < -0.4 is 5.32 Å². The first-order valence-electron chi connectivity index (χ1n) is 7.04. The largest absolute Gasteiger partial charge is 0.416 e. The lowest BCUT2D eigenvalue weighted by Gasteiger charge is -2.16. The molecule has 118 valence electrons. The van der Waals surface area contributed by atoms with Crippen LogP contribution in [-0.2, 0) is 6.18 Å². The average molecular weight is 309 g/mol. The van der Waals surface area contributed by atoms with Crippen molar-refractivity contribution in [1.29, 1.82) is 0 Å². The van der Waals surface area contributed by atoms with Gasteiger partial charge in [0.15, 0.2) is 0 Å². The summed E-state index contributed by atoms with van der Waals surface area (Å²) in [5.41, 5.74) is 1.000. The highest BCUT2D eigenvalue weighted by Gasteiger charge is 2.30. The monoisotopic (exact) mass is 309 g/mol. The highest BCUT2D eigenvalue weighted by atomic mass is 19.4. The molecular formula is C16H18F3N3. The molecule has 1 heterocycles. The number of aromatic nitrogens is 2. The van der Waals surface area contributed by atoms with Crippen LogP contribution in [0.5, 0.6) is 0 Å². The predicted octanol–water partition coefficient (Wildman–Crippen LogP) is 4.79. The Balaban J connectivity index is 2.07. The van der Waals surface area contributed by atoms with Crippen LogP contribution in [0.15, 0.2) is 36.4 Å². The van der Waals surface area contributed by atoms with E-state index in [4.69, 9.17) is 0 Å². The molecule has 0 amide bonds. The molecule has 0 aliphatic carbocycles. The molecule has 0 aliphatic rings. The van der Waals surface area contributed by atoms with E-state index in [1.54, 1.807) is 0 Å². The molecule has 1 aromatic heterocycles. The van der Waals surface area contributed by atoms with Gasteiger partial charge in [-0.05, 0) is 42.7 Å². The average Bonchev–Trinajstić information content (AvgIpc) is 2.47. The molecule has 0 fully saturated rings. The Morgan fingerprint density at radius 1 is 0.909 bits per heavy atom. The van der Waals surface area contributed by atoms with Crippen molar-refractivity contribution in [1.82, 2.24) is 10.2 Å². The first-order chi connectivity index (χ1) is 10.3. The number of hydrogen-bond acceptors (Lipinski definition) is 3. The fourth-order valence-electron chi connectivity index (χ4n) is 1.99. The van der Waals surface area contributed by atoms with Crippen LogP contribution >= 0.6 is 0 Å². The molecule has 1 N–H and O–H groups in total. The second kappa shape index (κ2) is 6.34. The molecule has 1 aromatic carbocycles. The number of halogens is 3. The molecule has 0 saturated heterocycles. The van der Waals surface area contributed by atoms with Gasteiger partial charge in [0.1, 0.15) is 5.82 Å². The third kappa shape index (κ3) is 3.96. The maximum absolute atomic E-state index is 12.5. The summed E-state index contributed by atoms with van der Waals surface area (Å²) in [5, 5.41) is 11.3. The molecule has 0 unspecified atom stereocenters. The zero-order valence-electron chi connectivity index (χ0n) is 12.6. The fraction of sp³-hybridized carbons (Fsp3) is 0.375. The topological polar surface area (TPSA) is 37.8 Å². The lowest BCUT2D eigenvalue weighted by Crippen LogP contribution is -2.10. The van der Waals surface area contributed by atoms with Crippen LogP contribution in [0.2, 0.25) is 0 Å². The van der Waals surface area contributed by atoms with Gasteiger partial charge in [0, 0.05) is 6.04 Å². The molecule has 6 heteroatoms. The van der Waals surface area contributed by atoms with Gasteiger partial charge in [0.05, 0.1) is 11.3 Å². The van der Waals surface area contributed by atoms with Gasteiger partial charge < -0.3 is 5.32 Å². The number of rotatable bonds is 4. The third-order valence-corrected chi connectivity index (χ3v) is 3.38. The molecular weight excluding hydrogens is 291 g/mol. The quantitative estimate of drug-likeness (QED) is 0.882. The summed E-state index contributed by atoms with van der Waals surface area (Å²) in [6, 6.07) is 8.65. The lowest BCUT2D eigenvalue weighted by molar-refractivity contribution is -0.137. The Bertz CT molecular complexity index is 604. The van der Waals surface area contributed by atoms with Crippen LogP contribution in [0.3, 0.4) is 0 Å². The first-order valence-corrected chi connectivity index (χ1v) is 7.04. The molecule has 0 aliphatic heterocycles. The minimum atomic E-state index is -4.31. The number of anilines is 1. The van der Waals surface area contributed by atoms with E-state index in [9.17, 15) is 13.2 Å². The minimum absolute atomic E-state index is 0.165. The van der Waals surface area contributed by atoms with Crippen molar-refractivity contribution in [2.45, 2.75) is 38.9 Å². The molecule has 22 heavy (non-hydrogen) atoms. The summed E-state index contributed by atoms with van der Waals surface area (Å²) in [6.45, 7) is 5.92. The van der Waals surface area contributed by atoms with Gasteiger partial charge in [-0.3, -0.25) is 0 Å². The van der Waals surface area contributed by atoms with Crippen molar-refractivity contribution in [3.05, 3.63) is 53.2 Å². The third-order valence-electron chi connectivity index (χ3n) is 3.38. The predicted molar refractivity (Wildman–Crippen MR) is 79.6 cm³/mol. The van der Waals surface area contributed by atoms with Crippen LogP contribution in [-0.4, -0.2) is 10.2 Å². The zero-order valence-corrected chi connectivity index (χ0v) is 12.6. The van der Waals surface area contributed by atoms with Gasteiger partial charge in [-0.25, -0.2) is 0 Å². The van der Waals surface area contributed by atoms with E-state index in [2.05, 4.69) is 15.5 Å². The highest BCUT2D eigenvalue weighted by molar-refractivity contribution is 5.38. The van der Waals surface area contributed by atoms with Crippen LogP contribution in [0.4, 0.5) is 19.0 Å². The van der Waals surface area contributed by atoms with Crippen LogP contribution in [0, 0.1) is 0 Å². The molecule has 0 saturated carbocycles. The normalized spacial score (nSPS) is 13.2. The Hall–Kier alpha value is -2.11. The molecule has 0 radical (unpaired) electrons. The van der Waals surface area contributed by atoms with Crippen molar-refractivity contribution in [2.24, 2.45) is 0 Å². The highest BCUT2D eigenvalue weighted by Crippen LogP contribution is 2.30. The maximum Gasteiger partial charge on any atom is 0.416 e. The maximum atomic E-state index is 12.5. The number of alkyl halides is 3. The first kappa shape index (κ1) is 16.3. The number of hydrogen-bond donors (Lipinski definition) is 1. The summed E-state index contributed by atoms with van der Waals surface area (Å²) in [6.07, 6.45) is -4.31. The van der Waals surface area contributed by atoms with E-state index in [-0.39, 0.29) is 6.04 Å². The van der Waals surface area contributed by atoms with Gasteiger partial charge in [-0.1, -0.05) is 26.0 Å². The molecule has 2 rings (SSSR count). The Morgan fingerprint density at radius 2 is 1.55 bits per heavy atom. The summed E-state index contributed by atoms with van der Waals surface area (Å²) in [4.78, 5) is 0. The summed E-state index contributed by atoms with van der Waals surface area (Å²) in [7, 11) is 0. The Kier molecular flexibility index (Phi) is 4.68. The van der Waals surface area contributed by atoms with Crippen molar-refractivity contribution < 1.29 is 13.2 Å². The van der Waals surface area contributed by atoms with Crippen LogP contribution in [0.1, 0.15) is 49.6 Å². The number of nitrogens with zero attached hydrogens (tertiary/aromatic N) is 2. The van der Waals surface area contributed by atoms with E-state index < -0.39 is 11.7 Å². The van der Waals surface area contributed by atoms with Crippen LogP contribution in [0.25, 0.3) is 0 Å². The van der Waals surface area contributed by atoms with E-state index in [1.807, 2.05) is 32.9 Å². The molecule has 2 aromatic rings. The molecule has 1 atom stereocenters. The van der Waals surface area contributed by atoms with Gasteiger partial charge in [-0.15, -0.1) is 5.10 Å². The van der Waals surface area contributed by atoms with E-state index >= 15 is 0 Å². The zero-order chi connectivity index (χ0) is 16.3. The Morgan fingerprint density at radius 3 is 2.00 bits per heavy atom. The van der Waals surface area contributed by atoms with Gasteiger partial charge in [0.25, 0.3) is 0 Å². The molecule has 3 nitrogen and oxygen atoms in total. The van der Waals surface area contributed by atoms with Gasteiger partial charge in [-0.2, -0.15) is 18.3 Å². The SMILES string of the molecule is CC(C)c1ccc(N[C@@H](C)c2ccc(C(F)(F)F)cc2)nn1. The van der Waals surface area contributed by atoms with E-state index in [1.165, 1.54) is 12.1 Å². The van der Waals surface area contributed by atoms with Crippen molar-refractivity contribution in [2.75, 3.05) is 5.32 Å². The summed E-state index contributed by atoms with van der Waals surface area (Å²) in [5.74, 6) is 0.894. The van der Waals surface area contributed by atoms with E-state index in [0.717, 1.165) is 23.4 Å². The Labute approximate surface area is 127 Å². The standard InChI is InChI=1S/C16H18F3N3/c1-10(2)14-8-9-15(22-21-14)20-11(3)12-4-6-13(7-5-12)16(17,18)19/h4-11H,1-3H3,(H,20,22)/t11-/m0/s1. The second-order valence-corrected chi connectivity index (χ2v) is 5.48. The van der Waals surface area contributed by atoms with Crippen molar-refractivity contribution >= 4 is 5.82 Å². The van der Waals surface area contributed by atoms with Crippen molar-refractivity contribution in [3.8, 4) is 0 Å². The van der Waals surface area contributed by atoms with E-state index in [0.29, 0.717) is 11.7 Å². The molecule has 0 spiro atoms. The minimum Gasteiger partial charge on any atom is -0.362 e. The summed E-state index contributed by atoms with van der Waals surface area (Å²) < 4.78 is 37.6. The van der Waals surface area contributed by atoms with Gasteiger partial charge in [0.2, 0.25) is 0 Å². The fourth-order valence-corrected chi connectivity index (χ4v) is 1.99. The second-order valence-electron chi connectivity index (χ2n) is 5.48. The number of nitrogens with one attached hydrogen (secondary N) is 1.